The zero-order valence-corrected chi connectivity index (χ0v) is 20.4. The molecule has 3 aromatic rings. The van der Waals surface area contributed by atoms with Crippen LogP contribution in [0.1, 0.15) is 46.7 Å². The van der Waals surface area contributed by atoms with E-state index in [1.807, 2.05) is 38.1 Å². The molecule has 3 N–H and O–H groups in total. The van der Waals surface area contributed by atoms with Crippen LogP contribution in [0.4, 0.5) is 10.1 Å². The van der Waals surface area contributed by atoms with Crippen molar-refractivity contribution in [1.82, 2.24) is 4.98 Å². The van der Waals surface area contributed by atoms with Gasteiger partial charge in [0.05, 0.1) is 16.9 Å². The first-order valence-corrected chi connectivity index (χ1v) is 10.2. The van der Waals surface area contributed by atoms with Gasteiger partial charge < -0.3 is 11.1 Å². The van der Waals surface area contributed by atoms with E-state index in [0.717, 1.165) is 34.4 Å². The zero-order chi connectivity index (χ0) is 21.8. The van der Waals surface area contributed by atoms with Crippen molar-refractivity contribution in [3.05, 3.63) is 82.4 Å². The monoisotopic (exact) mass is 477 g/mol. The fourth-order valence-electron chi connectivity index (χ4n) is 3.60. The van der Waals surface area contributed by atoms with E-state index in [-0.39, 0.29) is 30.4 Å². The predicted molar refractivity (Wildman–Crippen MR) is 134 cm³/mol. The summed E-state index contributed by atoms with van der Waals surface area (Å²) in [7, 11) is 0. The number of halogens is 3. The van der Waals surface area contributed by atoms with Gasteiger partial charge in [0.15, 0.2) is 0 Å². The number of nitrogens with two attached hydrogens (primary N) is 1. The summed E-state index contributed by atoms with van der Waals surface area (Å²) in [6.45, 7) is 8.45. The number of anilines is 1. The SMILES string of the molecule is Cc1ccc(-c2c(CN)c(CC(C)C)nc(C)c2NC(=O)c2ccccc2F)cc1.Cl.Cl. The third-order valence-corrected chi connectivity index (χ3v) is 5.07. The average Bonchev–Trinajstić information content (AvgIpc) is 2.70. The molecule has 0 spiro atoms. The second-order valence-electron chi connectivity index (χ2n) is 7.97. The highest BCUT2D eigenvalue weighted by Gasteiger charge is 2.22. The number of amides is 1. The molecule has 172 valence electrons. The largest absolute Gasteiger partial charge is 0.326 e. The van der Waals surface area contributed by atoms with Gasteiger partial charge in [0.1, 0.15) is 5.82 Å². The number of rotatable bonds is 6. The van der Waals surface area contributed by atoms with Crippen LogP contribution in [0.5, 0.6) is 0 Å². The van der Waals surface area contributed by atoms with E-state index in [1.54, 1.807) is 12.1 Å². The number of hydrogen-bond acceptors (Lipinski definition) is 3. The second-order valence-corrected chi connectivity index (χ2v) is 7.97. The van der Waals surface area contributed by atoms with Gasteiger partial charge in [-0.2, -0.15) is 0 Å². The van der Waals surface area contributed by atoms with Crippen molar-refractivity contribution in [2.75, 3.05) is 5.32 Å². The summed E-state index contributed by atoms with van der Waals surface area (Å²) in [4.78, 5) is 17.6. The topological polar surface area (TPSA) is 68.0 Å². The number of pyridine rings is 1. The molecule has 0 aliphatic carbocycles. The number of carbonyl (C=O) groups is 1. The number of hydrogen-bond donors (Lipinski definition) is 2. The lowest BCUT2D eigenvalue weighted by atomic mass is 9.92. The van der Waals surface area contributed by atoms with Crippen molar-refractivity contribution >= 4 is 36.4 Å². The van der Waals surface area contributed by atoms with Gasteiger partial charge in [0.2, 0.25) is 0 Å². The Morgan fingerprint density at radius 2 is 1.69 bits per heavy atom. The zero-order valence-electron chi connectivity index (χ0n) is 18.7. The third kappa shape index (κ3) is 6.06. The van der Waals surface area contributed by atoms with Crippen molar-refractivity contribution in [3.8, 4) is 11.1 Å². The van der Waals surface area contributed by atoms with Crippen LogP contribution in [-0.2, 0) is 13.0 Å². The Morgan fingerprint density at radius 1 is 1.06 bits per heavy atom. The summed E-state index contributed by atoms with van der Waals surface area (Å²) in [5.41, 5.74) is 12.2. The Hall–Kier alpha value is -2.47. The fraction of sp³-hybridized carbons (Fsp3) is 0.280. The molecule has 2 aromatic carbocycles. The van der Waals surface area contributed by atoms with Gasteiger partial charge in [-0.1, -0.05) is 55.8 Å². The van der Waals surface area contributed by atoms with Crippen molar-refractivity contribution < 1.29 is 9.18 Å². The van der Waals surface area contributed by atoms with Crippen LogP contribution >= 0.6 is 24.8 Å². The molecule has 0 aliphatic heterocycles. The number of benzene rings is 2. The Bertz CT molecular complexity index is 1070. The Kier molecular flexibility index (Phi) is 10.3. The summed E-state index contributed by atoms with van der Waals surface area (Å²) in [6.07, 6.45) is 0.785. The molecule has 0 saturated heterocycles. The first kappa shape index (κ1) is 27.6. The summed E-state index contributed by atoms with van der Waals surface area (Å²) < 4.78 is 14.2. The molecular weight excluding hydrogens is 448 g/mol. The Morgan fingerprint density at radius 3 is 2.25 bits per heavy atom. The molecule has 0 radical (unpaired) electrons. The number of nitrogens with zero attached hydrogens (tertiary/aromatic N) is 1. The standard InChI is InChI=1S/C25H28FN3O.2ClH/c1-15(2)13-22-20(14-27)23(18-11-9-16(3)10-12-18)24(17(4)28-22)29-25(30)19-7-5-6-8-21(19)26;;/h5-12,15H,13-14,27H2,1-4H3,(H,29,30);2*1H. The van der Waals surface area contributed by atoms with Crippen LogP contribution in [0.15, 0.2) is 48.5 Å². The van der Waals surface area contributed by atoms with Crippen molar-refractivity contribution in [2.45, 2.75) is 40.7 Å². The van der Waals surface area contributed by atoms with Gasteiger partial charge in [0.25, 0.3) is 5.91 Å². The van der Waals surface area contributed by atoms with Crippen molar-refractivity contribution in [3.63, 3.8) is 0 Å². The normalized spacial score (nSPS) is 10.3. The Labute approximate surface area is 201 Å². The maximum Gasteiger partial charge on any atom is 0.258 e. The van der Waals surface area contributed by atoms with Crippen LogP contribution in [0.3, 0.4) is 0 Å². The maximum absolute atomic E-state index is 14.2. The Balaban J connectivity index is 0.00000256. The third-order valence-electron chi connectivity index (χ3n) is 5.07. The highest BCUT2D eigenvalue weighted by atomic mass is 35.5. The van der Waals surface area contributed by atoms with Gasteiger partial charge in [-0.15, -0.1) is 24.8 Å². The first-order chi connectivity index (χ1) is 14.3. The van der Waals surface area contributed by atoms with Crippen molar-refractivity contribution in [2.24, 2.45) is 11.7 Å². The van der Waals surface area contributed by atoms with Gasteiger partial charge in [-0.05, 0) is 49.4 Å². The highest BCUT2D eigenvalue weighted by Crippen LogP contribution is 2.36. The number of aryl methyl sites for hydroxylation is 2. The van der Waals surface area contributed by atoms with E-state index >= 15 is 0 Å². The minimum atomic E-state index is -0.562. The number of carbonyl (C=O) groups excluding carboxylic acids is 1. The lowest BCUT2D eigenvalue weighted by molar-refractivity contribution is 0.102. The quantitative estimate of drug-likeness (QED) is 0.440. The van der Waals surface area contributed by atoms with Gasteiger partial charge in [-0.3, -0.25) is 9.78 Å². The molecule has 1 amide bonds. The molecule has 3 rings (SSSR count). The molecule has 0 fully saturated rings. The van der Waals surface area contributed by atoms with Gasteiger partial charge in [0, 0.05) is 17.8 Å². The van der Waals surface area contributed by atoms with Crippen LogP contribution in [-0.4, -0.2) is 10.9 Å². The summed E-state index contributed by atoms with van der Waals surface area (Å²) in [6, 6.07) is 14.0. The van der Waals surface area contributed by atoms with Crippen molar-refractivity contribution in [1.29, 1.82) is 0 Å². The minimum Gasteiger partial charge on any atom is -0.326 e. The van der Waals surface area contributed by atoms with E-state index in [2.05, 4.69) is 19.2 Å². The lowest BCUT2D eigenvalue weighted by Gasteiger charge is -2.21. The van der Waals surface area contributed by atoms with E-state index < -0.39 is 11.7 Å². The molecule has 7 heteroatoms. The molecular formula is C25H30Cl2FN3O. The molecule has 0 bridgehead atoms. The maximum atomic E-state index is 14.2. The smallest absolute Gasteiger partial charge is 0.258 e. The molecule has 4 nitrogen and oxygen atoms in total. The number of nitrogens with one attached hydrogen (secondary N) is 1. The molecule has 0 aliphatic rings. The van der Waals surface area contributed by atoms with E-state index in [4.69, 9.17) is 10.7 Å². The van der Waals surface area contributed by atoms with E-state index in [9.17, 15) is 9.18 Å². The predicted octanol–water partition coefficient (Wildman–Crippen LogP) is 6.26. The van der Waals surface area contributed by atoms with Crippen LogP contribution in [0.25, 0.3) is 11.1 Å². The lowest BCUT2D eigenvalue weighted by Crippen LogP contribution is -2.18. The van der Waals surface area contributed by atoms with Crippen LogP contribution in [0, 0.1) is 25.6 Å². The van der Waals surface area contributed by atoms with Crippen LogP contribution < -0.4 is 11.1 Å². The average molecular weight is 478 g/mol. The highest BCUT2D eigenvalue weighted by molar-refractivity contribution is 6.07. The second kappa shape index (κ2) is 12.0. The summed E-state index contributed by atoms with van der Waals surface area (Å²) in [5.74, 6) is -0.661. The number of aromatic nitrogens is 1. The fourth-order valence-corrected chi connectivity index (χ4v) is 3.60. The van der Waals surface area contributed by atoms with Crippen LogP contribution in [0.2, 0.25) is 0 Å². The molecule has 1 aromatic heterocycles. The van der Waals surface area contributed by atoms with Gasteiger partial charge in [-0.25, -0.2) is 4.39 Å². The summed E-state index contributed by atoms with van der Waals surface area (Å²) >= 11 is 0. The van der Waals surface area contributed by atoms with Gasteiger partial charge >= 0.3 is 0 Å². The first-order valence-electron chi connectivity index (χ1n) is 10.2. The molecule has 0 unspecified atom stereocenters. The molecule has 0 atom stereocenters. The minimum absolute atomic E-state index is 0. The van der Waals surface area contributed by atoms with E-state index in [0.29, 0.717) is 23.8 Å². The molecule has 1 heterocycles. The van der Waals surface area contributed by atoms with E-state index in [1.165, 1.54) is 12.1 Å². The summed E-state index contributed by atoms with van der Waals surface area (Å²) in [5, 5.41) is 2.91. The molecule has 0 saturated carbocycles. The molecule has 32 heavy (non-hydrogen) atoms.